The van der Waals surface area contributed by atoms with Gasteiger partial charge in [-0.1, -0.05) is 23.7 Å². The van der Waals surface area contributed by atoms with Crippen molar-refractivity contribution in [2.45, 2.75) is 12.8 Å². The van der Waals surface area contributed by atoms with E-state index in [9.17, 15) is 4.39 Å². The van der Waals surface area contributed by atoms with Gasteiger partial charge < -0.3 is 0 Å². The average molecular weight is 309 g/mol. The SMILES string of the molecule is Cc1ccc(-n2c(CCl)nc3c(F)cccc32)c(Cl)c1. The first-order valence-corrected chi connectivity index (χ1v) is 7.01. The van der Waals surface area contributed by atoms with Crippen LogP contribution in [0.2, 0.25) is 5.02 Å². The van der Waals surface area contributed by atoms with Crippen LogP contribution in [0.3, 0.4) is 0 Å². The predicted molar refractivity (Wildman–Crippen MR) is 80.3 cm³/mol. The molecular formula is C15H11Cl2FN2. The Morgan fingerprint density at radius 1 is 1.25 bits per heavy atom. The second kappa shape index (κ2) is 5.08. The number of hydrogen-bond donors (Lipinski definition) is 0. The Kier molecular flexibility index (Phi) is 3.40. The van der Waals surface area contributed by atoms with Gasteiger partial charge in [-0.25, -0.2) is 9.37 Å². The number of hydrogen-bond acceptors (Lipinski definition) is 1. The number of fused-ring (bicyclic) bond motifs is 1. The second-order valence-electron chi connectivity index (χ2n) is 4.56. The number of benzene rings is 2. The van der Waals surface area contributed by atoms with Gasteiger partial charge in [0.15, 0.2) is 5.82 Å². The standard InChI is InChI=1S/C15H11Cl2FN2/c1-9-5-6-12(10(17)7-9)20-13-4-2-3-11(18)15(13)19-14(20)8-16/h2-7H,8H2,1H3. The number of rotatable bonds is 2. The third kappa shape index (κ3) is 2.07. The molecule has 0 spiro atoms. The molecule has 1 heterocycles. The summed E-state index contributed by atoms with van der Waals surface area (Å²) in [5, 5.41) is 0.583. The highest BCUT2D eigenvalue weighted by atomic mass is 35.5. The van der Waals surface area contributed by atoms with Gasteiger partial charge >= 0.3 is 0 Å². The fraction of sp³-hybridized carbons (Fsp3) is 0.133. The highest BCUT2D eigenvalue weighted by molar-refractivity contribution is 6.32. The van der Waals surface area contributed by atoms with Crippen molar-refractivity contribution in [2.75, 3.05) is 0 Å². The molecule has 3 aromatic rings. The first-order valence-electron chi connectivity index (χ1n) is 6.10. The van der Waals surface area contributed by atoms with E-state index in [0.717, 1.165) is 11.3 Å². The molecule has 0 fully saturated rings. The lowest BCUT2D eigenvalue weighted by Crippen LogP contribution is -2.00. The zero-order chi connectivity index (χ0) is 14.3. The van der Waals surface area contributed by atoms with Gasteiger partial charge in [0.05, 0.1) is 22.1 Å². The van der Waals surface area contributed by atoms with Gasteiger partial charge in [-0.2, -0.15) is 0 Å². The summed E-state index contributed by atoms with van der Waals surface area (Å²) >= 11 is 12.2. The van der Waals surface area contributed by atoms with E-state index in [1.54, 1.807) is 16.7 Å². The third-order valence-corrected chi connectivity index (χ3v) is 3.71. The van der Waals surface area contributed by atoms with E-state index in [2.05, 4.69) is 4.98 Å². The Labute approximate surface area is 125 Å². The minimum absolute atomic E-state index is 0.179. The Balaban J connectivity index is 2.37. The molecule has 0 saturated carbocycles. The van der Waals surface area contributed by atoms with E-state index in [4.69, 9.17) is 23.2 Å². The van der Waals surface area contributed by atoms with Crippen LogP contribution < -0.4 is 0 Å². The minimum Gasteiger partial charge on any atom is -0.294 e. The van der Waals surface area contributed by atoms with E-state index < -0.39 is 0 Å². The molecule has 0 saturated heterocycles. The van der Waals surface area contributed by atoms with Crippen molar-refractivity contribution in [3.05, 3.63) is 58.6 Å². The molecule has 0 amide bonds. The second-order valence-corrected chi connectivity index (χ2v) is 5.23. The van der Waals surface area contributed by atoms with Crippen LogP contribution in [0.4, 0.5) is 4.39 Å². The molecule has 2 nitrogen and oxygen atoms in total. The largest absolute Gasteiger partial charge is 0.294 e. The summed E-state index contributed by atoms with van der Waals surface area (Å²) in [6.45, 7) is 1.96. The summed E-state index contributed by atoms with van der Waals surface area (Å²) in [5.74, 6) is 0.381. The van der Waals surface area contributed by atoms with E-state index >= 15 is 0 Å². The molecule has 1 aromatic heterocycles. The van der Waals surface area contributed by atoms with Crippen molar-refractivity contribution in [2.24, 2.45) is 0 Å². The topological polar surface area (TPSA) is 17.8 Å². The van der Waals surface area contributed by atoms with E-state index in [0.29, 0.717) is 21.9 Å². The molecule has 0 radical (unpaired) electrons. The van der Waals surface area contributed by atoms with Crippen LogP contribution in [0.1, 0.15) is 11.4 Å². The van der Waals surface area contributed by atoms with Crippen molar-refractivity contribution < 1.29 is 4.39 Å². The summed E-state index contributed by atoms with van der Waals surface area (Å²) in [5.41, 5.74) is 2.77. The van der Waals surface area contributed by atoms with E-state index in [1.807, 2.05) is 25.1 Å². The molecule has 0 aliphatic rings. The number of para-hydroxylation sites is 1. The maximum Gasteiger partial charge on any atom is 0.151 e. The summed E-state index contributed by atoms with van der Waals surface area (Å²) in [6, 6.07) is 10.5. The molecule has 0 aliphatic carbocycles. The maximum absolute atomic E-state index is 13.8. The highest BCUT2D eigenvalue weighted by Gasteiger charge is 2.16. The molecule has 2 aromatic carbocycles. The number of aromatic nitrogens is 2. The molecule has 20 heavy (non-hydrogen) atoms. The number of halogens is 3. The molecule has 0 bridgehead atoms. The number of nitrogens with zero attached hydrogens (tertiary/aromatic N) is 2. The van der Waals surface area contributed by atoms with Gasteiger partial charge in [-0.05, 0) is 36.8 Å². The monoisotopic (exact) mass is 308 g/mol. The van der Waals surface area contributed by atoms with Gasteiger partial charge in [0.2, 0.25) is 0 Å². The van der Waals surface area contributed by atoms with E-state index in [-0.39, 0.29) is 11.7 Å². The first kappa shape index (κ1) is 13.4. The lowest BCUT2D eigenvalue weighted by molar-refractivity contribution is 0.637. The van der Waals surface area contributed by atoms with Crippen LogP contribution in [0, 0.1) is 12.7 Å². The molecule has 0 unspecified atom stereocenters. The molecular weight excluding hydrogens is 298 g/mol. The average Bonchev–Trinajstić information content (AvgIpc) is 2.79. The third-order valence-electron chi connectivity index (χ3n) is 3.17. The molecule has 102 valence electrons. The van der Waals surface area contributed by atoms with Gasteiger partial charge in [0.1, 0.15) is 11.3 Å². The van der Waals surface area contributed by atoms with Crippen LogP contribution in [0.15, 0.2) is 36.4 Å². The Hall–Kier alpha value is -1.58. The first-order chi connectivity index (χ1) is 9.61. The molecule has 0 aliphatic heterocycles. The summed E-state index contributed by atoms with van der Waals surface area (Å²) in [6.07, 6.45) is 0. The summed E-state index contributed by atoms with van der Waals surface area (Å²) in [4.78, 5) is 4.27. The normalized spacial score (nSPS) is 11.2. The lowest BCUT2D eigenvalue weighted by atomic mass is 10.2. The van der Waals surface area contributed by atoms with Gasteiger partial charge in [-0.3, -0.25) is 4.57 Å². The smallest absolute Gasteiger partial charge is 0.151 e. The fourth-order valence-corrected chi connectivity index (χ4v) is 2.76. The summed E-state index contributed by atoms with van der Waals surface area (Å²) in [7, 11) is 0. The molecule has 0 N–H and O–H groups in total. The van der Waals surface area contributed by atoms with Crippen LogP contribution in [-0.4, -0.2) is 9.55 Å². The van der Waals surface area contributed by atoms with Crippen molar-refractivity contribution in [1.82, 2.24) is 9.55 Å². The van der Waals surface area contributed by atoms with Crippen molar-refractivity contribution >= 4 is 34.2 Å². The van der Waals surface area contributed by atoms with Crippen LogP contribution in [-0.2, 0) is 5.88 Å². The fourth-order valence-electron chi connectivity index (χ4n) is 2.26. The van der Waals surface area contributed by atoms with Gasteiger partial charge in [0.25, 0.3) is 0 Å². The Morgan fingerprint density at radius 3 is 2.75 bits per heavy atom. The number of imidazole rings is 1. The zero-order valence-electron chi connectivity index (χ0n) is 10.7. The van der Waals surface area contributed by atoms with Gasteiger partial charge in [0, 0.05) is 0 Å². The Morgan fingerprint density at radius 2 is 2.05 bits per heavy atom. The number of aryl methyl sites for hydroxylation is 1. The quantitative estimate of drug-likeness (QED) is 0.618. The molecule has 0 atom stereocenters. The van der Waals surface area contributed by atoms with Crippen molar-refractivity contribution in [3.63, 3.8) is 0 Å². The maximum atomic E-state index is 13.8. The highest BCUT2D eigenvalue weighted by Crippen LogP contribution is 2.29. The van der Waals surface area contributed by atoms with Crippen LogP contribution in [0.5, 0.6) is 0 Å². The summed E-state index contributed by atoms with van der Waals surface area (Å²) < 4.78 is 15.6. The molecule has 3 rings (SSSR count). The molecule has 5 heteroatoms. The zero-order valence-corrected chi connectivity index (χ0v) is 12.2. The lowest BCUT2D eigenvalue weighted by Gasteiger charge is -2.10. The van der Waals surface area contributed by atoms with Crippen molar-refractivity contribution in [1.29, 1.82) is 0 Å². The predicted octanol–water partition coefficient (Wildman–Crippen LogP) is 4.87. The number of alkyl halides is 1. The van der Waals surface area contributed by atoms with Crippen LogP contribution in [0.25, 0.3) is 16.7 Å². The van der Waals surface area contributed by atoms with Crippen molar-refractivity contribution in [3.8, 4) is 5.69 Å². The van der Waals surface area contributed by atoms with Crippen LogP contribution >= 0.6 is 23.2 Å². The van der Waals surface area contributed by atoms with Gasteiger partial charge in [-0.15, -0.1) is 11.6 Å². The minimum atomic E-state index is -0.365. The van der Waals surface area contributed by atoms with E-state index in [1.165, 1.54) is 6.07 Å². The Bertz CT molecular complexity index is 796.